The number of nitrogens with one attached hydrogen (secondary N) is 1. The third kappa shape index (κ3) is 2.09. The quantitative estimate of drug-likeness (QED) is 0.601. The normalized spacial score (nSPS) is 13.6. The number of benzene rings is 2. The van der Waals surface area contributed by atoms with Gasteiger partial charge in [0.1, 0.15) is 0 Å². The van der Waals surface area contributed by atoms with Gasteiger partial charge in [-0.1, -0.05) is 41.9 Å². The zero-order valence-electron chi connectivity index (χ0n) is 9.15. The SMILES string of the molecule is ClC1=Nc2c(cccc2-c2ccccc2Cl)SN1. The van der Waals surface area contributed by atoms with Gasteiger partial charge in [-0.2, -0.15) is 0 Å². The van der Waals surface area contributed by atoms with Gasteiger partial charge in [-0.3, -0.25) is 0 Å². The van der Waals surface area contributed by atoms with Gasteiger partial charge >= 0.3 is 0 Å². The van der Waals surface area contributed by atoms with Crippen molar-refractivity contribution in [3.8, 4) is 11.1 Å². The molecule has 0 atom stereocenters. The Balaban J connectivity index is 2.24. The third-order valence-corrected chi connectivity index (χ3v) is 4.08. The highest BCUT2D eigenvalue weighted by Gasteiger charge is 2.16. The molecule has 2 nitrogen and oxygen atoms in total. The van der Waals surface area contributed by atoms with Crippen LogP contribution in [0.3, 0.4) is 0 Å². The van der Waals surface area contributed by atoms with Crippen LogP contribution in [-0.4, -0.2) is 5.29 Å². The van der Waals surface area contributed by atoms with Gasteiger partial charge in [0, 0.05) is 16.1 Å². The maximum absolute atomic E-state index is 6.23. The van der Waals surface area contributed by atoms with E-state index in [4.69, 9.17) is 23.2 Å². The van der Waals surface area contributed by atoms with Gasteiger partial charge in [0.15, 0.2) is 0 Å². The molecule has 3 rings (SSSR count). The molecule has 0 spiro atoms. The Labute approximate surface area is 119 Å². The highest BCUT2D eigenvalue weighted by atomic mass is 35.5. The maximum atomic E-state index is 6.23. The Morgan fingerprint density at radius 2 is 1.72 bits per heavy atom. The smallest absolute Gasteiger partial charge is 0.206 e. The third-order valence-electron chi connectivity index (χ3n) is 2.62. The van der Waals surface area contributed by atoms with E-state index >= 15 is 0 Å². The lowest BCUT2D eigenvalue weighted by atomic mass is 10.0. The van der Waals surface area contributed by atoms with Crippen molar-refractivity contribution in [3.05, 3.63) is 47.5 Å². The van der Waals surface area contributed by atoms with Crippen molar-refractivity contribution < 1.29 is 0 Å². The summed E-state index contributed by atoms with van der Waals surface area (Å²) in [6.45, 7) is 0. The molecular formula is C13H8Cl2N2S. The van der Waals surface area contributed by atoms with Crippen molar-refractivity contribution in [1.82, 2.24) is 4.72 Å². The van der Waals surface area contributed by atoms with Crippen LogP contribution < -0.4 is 4.72 Å². The highest BCUT2D eigenvalue weighted by molar-refractivity contribution is 7.98. The van der Waals surface area contributed by atoms with E-state index in [9.17, 15) is 0 Å². The molecule has 1 aliphatic rings. The minimum Gasteiger partial charge on any atom is -0.300 e. The summed E-state index contributed by atoms with van der Waals surface area (Å²) < 4.78 is 2.93. The Morgan fingerprint density at radius 1 is 0.944 bits per heavy atom. The second-order valence-electron chi connectivity index (χ2n) is 3.74. The standard InChI is InChI=1S/C13H8Cl2N2S/c14-10-6-2-1-4-8(10)9-5-3-7-11-12(9)16-13(15)17-18-11/h1-7H,(H,16,17). The molecule has 90 valence electrons. The first-order valence-electron chi connectivity index (χ1n) is 5.30. The van der Waals surface area contributed by atoms with E-state index in [1.54, 1.807) is 0 Å². The second kappa shape index (κ2) is 4.84. The van der Waals surface area contributed by atoms with Crippen LogP contribution in [-0.2, 0) is 0 Å². The van der Waals surface area contributed by atoms with Crippen molar-refractivity contribution in [1.29, 1.82) is 0 Å². The molecule has 2 aromatic carbocycles. The molecule has 1 heterocycles. The van der Waals surface area contributed by atoms with Crippen molar-refractivity contribution >= 4 is 46.1 Å². The van der Waals surface area contributed by atoms with Crippen LogP contribution in [0.25, 0.3) is 11.1 Å². The summed E-state index contributed by atoms with van der Waals surface area (Å²) >= 11 is 13.6. The van der Waals surface area contributed by atoms with Crippen molar-refractivity contribution in [2.24, 2.45) is 4.99 Å². The van der Waals surface area contributed by atoms with Gasteiger partial charge in [-0.25, -0.2) is 4.99 Å². The molecular weight excluding hydrogens is 287 g/mol. The summed E-state index contributed by atoms with van der Waals surface area (Å²) in [6.07, 6.45) is 0. The van der Waals surface area contributed by atoms with E-state index in [0.29, 0.717) is 10.3 Å². The van der Waals surface area contributed by atoms with E-state index in [0.717, 1.165) is 21.7 Å². The molecule has 0 radical (unpaired) electrons. The first-order chi connectivity index (χ1) is 8.75. The van der Waals surface area contributed by atoms with Gasteiger partial charge < -0.3 is 4.72 Å². The summed E-state index contributed by atoms with van der Waals surface area (Å²) in [5.74, 6) is 0. The van der Waals surface area contributed by atoms with E-state index in [-0.39, 0.29) is 0 Å². The van der Waals surface area contributed by atoms with Crippen LogP contribution in [0, 0.1) is 0 Å². The Kier molecular flexibility index (Phi) is 3.20. The fourth-order valence-corrected chi connectivity index (χ4v) is 2.91. The van der Waals surface area contributed by atoms with Gasteiger partial charge in [0.25, 0.3) is 0 Å². The molecule has 0 unspecified atom stereocenters. The van der Waals surface area contributed by atoms with E-state index in [1.807, 2.05) is 42.5 Å². The number of nitrogens with zero attached hydrogens (tertiary/aromatic N) is 1. The number of para-hydroxylation sites is 1. The van der Waals surface area contributed by atoms with Crippen LogP contribution in [0.1, 0.15) is 0 Å². The summed E-state index contributed by atoms with van der Waals surface area (Å²) in [7, 11) is 0. The van der Waals surface area contributed by atoms with Gasteiger partial charge in [0.2, 0.25) is 5.29 Å². The van der Waals surface area contributed by atoms with Crippen molar-refractivity contribution in [2.45, 2.75) is 4.90 Å². The van der Waals surface area contributed by atoms with E-state index in [2.05, 4.69) is 9.71 Å². The summed E-state index contributed by atoms with van der Waals surface area (Å²) in [5.41, 5.74) is 2.82. The van der Waals surface area contributed by atoms with Crippen LogP contribution in [0.15, 0.2) is 52.4 Å². The average Bonchev–Trinajstić information content (AvgIpc) is 2.39. The predicted octanol–water partition coefficient (Wildman–Crippen LogP) is 4.84. The molecule has 0 aliphatic carbocycles. The molecule has 1 N–H and O–H groups in total. The number of hydrogen-bond donors (Lipinski definition) is 1. The fraction of sp³-hybridized carbons (Fsp3) is 0. The maximum Gasteiger partial charge on any atom is 0.206 e. The first kappa shape index (κ1) is 11.9. The minimum absolute atomic E-state index is 0.381. The summed E-state index contributed by atoms with van der Waals surface area (Å²) in [6, 6.07) is 13.7. The van der Waals surface area contributed by atoms with Crippen LogP contribution in [0.2, 0.25) is 5.02 Å². The van der Waals surface area contributed by atoms with Crippen molar-refractivity contribution in [2.75, 3.05) is 0 Å². The van der Waals surface area contributed by atoms with Crippen LogP contribution in [0.5, 0.6) is 0 Å². The Hall–Kier alpha value is -1.16. The number of aliphatic imine (C=N–C) groups is 1. The summed E-state index contributed by atoms with van der Waals surface area (Å²) in [5, 5.41) is 1.09. The van der Waals surface area contributed by atoms with E-state index in [1.165, 1.54) is 11.9 Å². The van der Waals surface area contributed by atoms with E-state index < -0.39 is 0 Å². The average molecular weight is 295 g/mol. The largest absolute Gasteiger partial charge is 0.300 e. The molecule has 1 aliphatic heterocycles. The van der Waals surface area contributed by atoms with Crippen LogP contribution in [0.4, 0.5) is 5.69 Å². The molecule has 0 fully saturated rings. The van der Waals surface area contributed by atoms with Crippen LogP contribution >= 0.6 is 35.1 Å². The lowest BCUT2D eigenvalue weighted by Gasteiger charge is -2.16. The lowest BCUT2D eigenvalue weighted by Crippen LogP contribution is -2.11. The Bertz CT molecular complexity index is 641. The molecule has 0 bridgehead atoms. The zero-order valence-corrected chi connectivity index (χ0v) is 11.5. The summed E-state index contributed by atoms with van der Waals surface area (Å²) in [4.78, 5) is 5.39. The highest BCUT2D eigenvalue weighted by Crippen LogP contribution is 2.42. The number of fused-ring (bicyclic) bond motifs is 1. The predicted molar refractivity (Wildman–Crippen MR) is 78.8 cm³/mol. The molecule has 0 amide bonds. The van der Waals surface area contributed by atoms with Gasteiger partial charge in [0.05, 0.1) is 10.6 Å². The second-order valence-corrected chi connectivity index (χ2v) is 5.35. The lowest BCUT2D eigenvalue weighted by molar-refractivity contribution is 1.31. The molecule has 0 aromatic heterocycles. The monoisotopic (exact) mass is 294 g/mol. The minimum atomic E-state index is 0.381. The van der Waals surface area contributed by atoms with Gasteiger partial charge in [-0.15, -0.1) is 0 Å². The fourth-order valence-electron chi connectivity index (χ4n) is 1.84. The Morgan fingerprint density at radius 3 is 2.56 bits per heavy atom. The van der Waals surface area contributed by atoms with Crippen molar-refractivity contribution in [3.63, 3.8) is 0 Å². The topological polar surface area (TPSA) is 24.4 Å². The van der Waals surface area contributed by atoms with Gasteiger partial charge in [-0.05, 0) is 35.7 Å². The number of rotatable bonds is 1. The zero-order chi connectivity index (χ0) is 12.5. The first-order valence-corrected chi connectivity index (χ1v) is 6.88. The molecule has 0 saturated heterocycles. The molecule has 5 heteroatoms. The molecule has 18 heavy (non-hydrogen) atoms. The molecule has 2 aromatic rings. The molecule has 0 saturated carbocycles. The number of hydrogen-bond acceptors (Lipinski definition) is 3. The number of halogens is 2. The number of amidine groups is 1.